The van der Waals surface area contributed by atoms with Crippen molar-refractivity contribution in [3.63, 3.8) is 0 Å². The zero-order valence-electron chi connectivity index (χ0n) is 7.27. The summed E-state index contributed by atoms with van der Waals surface area (Å²) >= 11 is 1.45. The molecule has 0 aromatic carbocycles. The normalized spacial score (nSPS) is 10.5. The third-order valence-electron chi connectivity index (χ3n) is 1.80. The highest BCUT2D eigenvalue weighted by molar-refractivity contribution is 7.13. The smallest absolute Gasteiger partial charge is 0.180 e. The molecule has 0 unspecified atom stereocenters. The van der Waals surface area contributed by atoms with Gasteiger partial charge in [-0.3, -0.25) is 4.68 Å². The van der Waals surface area contributed by atoms with Crippen molar-refractivity contribution in [3.8, 4) is 11.4 Å². The van der Waals surface area contributed by atoms with E-state index >= 15 is 0 Å². The largest absolute Gasteiger partial charge is 0.375 e. The molecule has 0 aliphatic rings. The van der Waals surface area contributed by atoms with Gasteiger partial charge in [0.15, 0.2) is 5.13 Å². The lowest BCUT2D eigenvalue weighted by molar-refractivity contribution is 0.666. The Morgan fingerprint density at radius 2 is 2.46 bits per heavy atom. The number of rotatable bonds is 2. The number of hydrogen-bond donors (Lipinski definition) is 1. The second kappa shape index (κ2) is 3.18. The zero-order valence-corrected chi connectivity index (χ0v) is 8.08. The minimum atomic E-state index is 0.596. The number of aromatic nitrogens is 3. The molecule has 0 saturated carbocycles. The minimum Gasteiger partial charge on any atom is -0.375 e. The van der Waals surface area contributed by atoms with E-state index in [1.54, 1.807) is 6.20 Å². The molecule has 2 aromatic rings. The minimum absolute atomic E-state index is 0.596. The molecule has 0 bridgehead atoms. The fraction of sp³-hybridized carbons (Fsp3) is 0.250. The van der Waals surface area contributed by atoms with Crippen LogP contribution in [0.15, 0.2) is 17.6 Å². The summed E-state index contributed by atoms with van der Waals surface area (Å²) in [5, 5.41) is 6.70. The maximum absolute atomic E-state index is 5.55. The molecule has 5 heteroatoms. The summed E-state index contributed by atoms with van der Waals surface area (Å²) in [5.74, 6) is 0. The summed E-state index contributed by atoms with van der Waals surface area (Å²) in [4.78, 5) is 4.20. The molecular weight excluding hydrogens is 184 g/mol. The first kappa shape index (κ1) is 8.25. The molecule has 0 radical (unpaired) electrons. The molecule has 0 aliphatic carbocycles. The lowest BCUT2D eigenvalue weighted by Crippen LogP contribution is -1.98. The van der Waals surface area contributed by atoms with Crippen molar-refractivity contribution in [3.05, 3.63) is 17.6 Å². The highest BCUT2D eigenvalue weighted by Crippen LogP contribution is 2.22. The predicted molar refractivity (Wildman–Crippen MR) is 53.4 cm³/mol. The topological polar surface area (TPSA) is 56.7 Å². The van der Waals surface area contributed by atoms with Crippen LogP contribution in [0.25, 0.3) is 11.4 Å². The standard InChI is InChI=1S/C8H10N4S/c1-2-12-7(3-4-10-12)6-5-13-8(9)11-6/h3-5H,2H2,1H3,(H2,9,11). The third kappa shape index (κ3) is 1.42. The van der Waals surface area contributed by atoms with E-state index in [1.807, 2.05) is 23.1 Å². The van der Waals surface area contributed by atoms with Gasteiger partial charge in [0.1, 0.15) is 5.69 Å². The van der Waals surface area contributed by atoms with Gasteiger partial charge in [0.25, 0.3) is 0 Å². The van der Waals surface area contributed by atoms with Crippen LogP contribution in [-0.4, -0.2) is 14.8 Å². The first-order valence-corrected chi connectivity index (χ1v) is 4.92. The number of hydrogen-bond acceptors (Lipinski definition) is 4. The summed E-state index contributed by atoms with van der Waals surface area (Å²) in [6.45, 7) is 2.89. The molecule has 0 spiro atoms. The van der Waals surface area contributed by atoms with Crippen molar-refractivity contribution >= 4 is 16.5 Å². The van der Waals surface area contributed by atoms with Crippen LogP contribution in [0.1, 0.15) is 6.92 Å². The van der Waals surface area contributed by atoms with Gasteiger partial charge in [0.2, 0.25) is 0 Å². The van der Waals surface area contributed by atoms with Crippen LogP contribution >= 0.6 is 11.3 Å². The van der Waals surface area contributed by atoms with E-state index in [0.717, 1.165) is 17.9 Å². The Morgan fingerprint density at radius 1 is 1.62 bits per heavy atom. The Kier molecular flexibility index (Phi) is 2.02. The summed E-state index contributed by atoms with van der Waals surface area (Å²) in [7, 11) is 0. The first-order chi connectivity index (χ1) is 6.31. The van der Waals surface area contributed by atoms with Gasteiger partial charge in [-0.15, -0.1) is 11.3 Å². The zero-order chi connectivity index (χ0) is 9.26. The number of anilines is 1. The molecule has 0 amide bonds. The Balaban J connectivity index is 2.45. The number of nitrogens with two attached hydrogens (primary N) is 1. The summed E-state index contributed by atoms with van der Waals surface area (Å²) in [6.07, 6.45) is 1.77. The average Bonchev–Trinajstić information content (AvgIpc) is 2.71. The van der Waals surface area contributed by atoms with E-state index in [0.29, 0.717) is 5.13 Å². The molecule has 2 heterocycles. The van der Waals surface area contributed by atoms with Crippen molar-refractivity contribution < 1.29 is 0 Å². The molecule has 2 aromatic heterocycles. The van der Waals surface area contributed by atoms with Crippen LogP contribution in [0.2, 0.25) is 0 Å². The van der Waals surface area contributed by atoms with Gasteiger partial charge in [-0.25, -0.2) is 4.98 Å². The fourth-order valence-electron chi connectivity index (χ4n) is 1.21. The van der Waals surface area contributed by atoms with E-state index in [4.69, 9.17) is 5.73 Å². The average molecular weight is 194 g/mol. The second-order valence-corrected chi connectivity index (χ2v) is 3.49. The van der Waals surface area contributed by atoms with Gasteiger partial charge < -0.3 is 5.73 Å². The Labute approximate surface area is 80.0 Å². The van der Waals surface area contributed by atoms with Gasteiger partial charge in [0.05, 0.1) is 5.69 Å². The predicted octanol–water partition coefficient (Wildman–Crippen LogP) is 1.61. The summed E-state index contributed by atoms with van der Waals surface area (Å²) in [6, 6.07) is 1.94. The second-order valence-electron chi connectivity index (χ2n) is 2.60. The van der Waals surface area contributed by atoms with Crippen LogP contribution in [0.3, 0.4) is 0 Å². The fourth-order valence-corrected chi connectivity index (χ4v) is 1.76. The van der Waals surface area contributed by atoms with Gasteiger partial charge in [-0.1, -0.05) is 0 Å². The highest BCUT2D eigenvalue weighted by atomic mass is 32.1. The highest BCUT2D eigenvalue weighted by Gasteiger charge is 2.06. The van der Waals surface area contributed by atoms with Crippen LogP contribution in [0.5, 0.6) is 0 Å². The lowest BCUT2D eigenvalue weighted by atomic mass is 10.3. The van der Waals surface area contributed by atoms with E-state index in [9.17, 15) is 0 Å². The quantitative estimate of drug-likeness (QED) is 0.790. The number of nitrogen functional groups attached to an aromatic ring is 1. The van der Waals surface area contributed by atoms with Crippen molar-refractivity contribution in [1.82, 2.24) is 14.8 Å². The van der Waals surface area contributed by atoms with Crippen LogP contribution in [0.4, 0.5) is 5.13 Å². The molecule has 0 atom stereocenters. The van der Waals surface area contributed by atoms with Crippen molar-refractivity contribution in [2.45, 2.75) is 13.5 Å². The molecule has 0 saturated heterocycles. The van der Waals surface area contributed by atoms with Crippen LogP contribution < -0.4 is 5.73 Å². The van der Waals surface area contributed by atoms with Crippen molar-refractivity contribution in [2.75, 3.05) is 5.73 Å². The SMILES string of the molecule is CCn1nccc1-c1csc(N)n1. The van der Waals surface area contributed by atoms with E-state index in [-0.39, 0.29) is 0 Å². The van der Waals surface area contributed by atoms with Crippen molar-refractivity contribution in [1.29, 1.82) is 0 Å². The van der Waals surface area contributed by atoms with Gasteiger partial charge in [-0.2, -0.15) is 5.10 Å². The van der Waals surface area contributed by atoms with Crippen molar-refractivity contribution in [2.24, 2.45) is 0 Å². The molecule has 13 heavy (non-hydrogen) atoms. The van der Waals surface area contributed by atoms with E-state index < -0.39 is 0 Å². The van der Waals surface area contributed by atoms with E-state index in [1.165, 1.54) is 11.3 Å². The number of aryl methyl sites for hydroxylation is 1. The lowest BCUT2D eigenvalue weighted by Gasteiger charge is -1.99. The Morgan fingerprint density at radius 3 is 3.08 bits per heavy atom. The first-order valence-electron chi connectivity index (χ1n) is 4.04. The van der Waals surface area contributed by atoms with Gasteiger partial charge in [-0.05, 0) is 13.0 Å². The van der Waals surface area contributed by atoms with Crippen LogP contribution in [-0.2, 0) is 6.54 Å². The molecule has 0 aliphatic heterocycles. The van der Waals surface area contributed by atoms with Gasteiger partial charge in [0, 0.05) is 18.1 Å². The third-order valence-corrected chi connectivity index (χ3v) is 2.47. The molecule has 4 nitrogen and oxygen atoms in total. The maximum atomic E-state index is 5.55. The molecular formula is C8H10N4S. The van der Waals surface area contributed by atoms with E-state index in [2.05, 4.69) is 10.1 Å². The molecule has 2 N–H and O–H groups in total. The molecule has 2 rings (SSSR count). The monoisotopic (exact) mass is 194 g/mol. The molecule has 0 fully saturated rings. The van der Waals surface area contributed by atoms with Crippen LogP contribution in [0, 0.1) is 0 Å². The Bertz CT molecular complexity index is 404. The Hall–Kier alpha value is -1.36. The summed E-state index contributed by atoms with van der Waals surface area (Å²) < 4.78 is 1.90. The summed E-state index contributed by atoms with van der Waals surface area (Å²) in [5.41, 5.74) is 7.48. The van der Waals surface area contributed by atoms with Gasteiger partial charge >= 0.3 is 0 Å². The number of nitrogens with zero attached hydrogens (tertiary/aromatic N) is 3. The number of thiazole rings is 1. The maximum Gasteiger partial charge on any atom is 0.180 e. The molecule has 68 valence electrons.